The van der Waals surface area contributed by atoms with Crippen LogP contribution in [-0.4, -0.2) is 20.4 Å². The molecule has 0 aliphatic rings. The number of benzene rings is 2. The number of para-hydroxylation sites is 1. The number of nitrogens with zero attached hydrogens (tertiary/aromatic N) is 2. The van der Waals surface area contributed by atoms with E-state index in [1.165, 1.54) is 21.8 Å². The fourth-order valence-corrected chi connectivity index (χ4v) is 3.55. The van der Waals surface area contributed by atoms with E-state index in [0.29, 0.717) is 17.4 Å². The van der Waals surface area contributed by atoms with Gasteiger partial charge in [-0.1, -0.05) is 23.8 Å². The van der Waals surface area contributed by atoms with Crippen molar-refractivity contribution in [2.24, 2.45) is 0 Å². The summed E-state index contributed by atoms with van der Waals surface area (Å²) in [4.78, 5) is 32.7. The lowest BCUT2D eigenvalue weighted by Crippen LogP contribution is -2.32. The Morgan fingerprint density at radius 3 is 2.75 bits per heavy atom. The van der Waals surface area contributed by atoms with Crippen LogP contribution in [0.15, 0.2) is 47.5 Å². The Bertz CT molecular complexity index is 1270. The molecule has 6 heteroatoms. The average Bonchev–Trinajstić information content (AvgIpc) is 2.97. The molecule has 2 N–H and O–H groups in total. The van der Waals surface area contributed by atoms with Crippen LogP contribution in [0.4, 0.5) is 0 Å². The molecule has 0 atom stereocenters. The summed E-state index contributed by atoms with van der Waals surface area (Å²) in [5.41, 5.74) is 5.99. The molecule has 2 aromatic heterocycles. The van der Waals surface area contributed by atoms with Crippen molar-refractivity contribution in [1.29, 1.82) is 0 Å². The zero-order chi connectivity index (χ0) is 19.8. The molecule has 0 radical (unpaired) electrons. The fraction of sp³-hybridized carbons (Fsp3) is 0.227. The van der Waals surface area contributed by atoms with Crippen molar-refractivity contribution >= 4 is 27.7 Å². The maximum Gasteiger partial charge on any atom is 0.261 e. The quantitative estimate of drug-likeness (QED) is 0.576. The second-order valence-electron chi connectivity index (χ2n) is 7.19. The van der Waals surface area contributed by atoms with Gasteiger partial charge in [0.05, 0.1) is 22.7 Å². The third-order valence-electron chi connectivity index (χ3n) is 5.16. The Labute approximate surface area is 162 Å². The number of fused-ring (bicyclic) bond motifs is 2. The smallest absolute Gasteiger partial charge is 0.261 e. The van der Waals surface area contributed by atoms with Crippen LogP contribution < -0.4 is 10.9 Å². The number of aryl methyl sites for hydroxylation is 3. The summed E-state index contributed by atoms with van der Waals surface area (Å²) in [7, 11) is 0. The molecule has 2 heterocycles. The van der Waals surface area contributed by atoms with E-state index in [1.807, 2.05) is 19.9 Å². The summed E-state index contributed by atoms with van der Waals surface area (Å²) >= 11 is 0. The van der Waals surface area contributed by atoms with Crippen LogP contribution in [0.1, 0.15) is 22.4 Å². The van der Waals surface area contributed by atoms with Gasteiger partial charge in [-0.2, -0.15) is 0 Å². The lowest BCUT2D eigenvalue weighted by Gasteiger charge is -2.10. The molecule has 0 saturated heterocycles. The second-order valence-corrected chi connectivity index (χ2v) is 7.19. The van der Waals surface area contributed by atoms with Crippen molar-refractivity contribution in [3.63, 3.8) is 0 Å². The number of nitrogens with one attached hydrogen (secondary N) is 2. The Balaban J connectivity index is 1.54. The summed E-state index contributed by atoms with van der Waals surface area (Å²) in [6.45, 7) is 6.52. The van der Waals surface area contributed by atoms with Gasteiger partial charge in [-0.3, -0.25) is 14.2 Å². The molecule has 0 spiro atoms. The highest BCUT2D eigenvalue weighted by atomic mass is 16.2. The first-order valence-corrected chi connectivity index (χ1v) is 9.23. The minimum Gasteiger partial charge on any atom is -0.358 e. The molecule has 0 aliphatic carbocycles. The minimum atomic E-state index is -0.228. The molecule has 0 aliphatic heterocycles. The normalized spacial score (nSPS) is 11.2. The number of aromatic amines is 1. The highest BCUT2D eigenvalue weighted by molar-refractivity contribution is 5.88. The van der Waals surface area contributed by atoms with E-state index in [-0.39, 0.29) is 18.0 Å². The third kappa shape index (κ3) is 3.17. The Kier molecular flexibility index (Phi) is 4.47. The number of carbonyl (C=O) groups excluding carboxylic acids is 1. The first-order valence-electron chi connectivity index (χ1n) is 9.23. The SMILES string of the molecule is Cc1cc(CNC(=O)Cn2cnc3ccccc3c2=O)c2[nH]c(C)c(C)c2c1. The summed E-state index contributed by atoms with van der Waals surface area (Å²) in [5.74, 6) is -0.228. The van der Waals surface area contributed by atoms with E-state index in [2.05, 4.69) is 34.3 Å². The zero-order valence-corrected chi connectivity index (χ0v) is 16.2. The number of H-pyrrole nitrogens is 1. The highest BCUT2D eigenvalue weighted by Gasteiger charge is 2.12. The van der Waals surface area contributed by atoms with E-state index in [1.54, 1.807) is 18.2 Å². The Hall–Kier alpha value is -3.41. The van der Waals surface area contributed by atoms with Crippen LogP contribution in [0.5, 0.6) is 0 Å². The summed E-state index contributed by atoms with van der Waals surface area (Å²) in [5, 5.41) is 4.61. The standard InChI is InChI=1S/C22H22N4O2/c1-13-8-16(21-18(9-13)14(2)15(3)25-21)10-23-20(27)11-26-12-24-19-7-5-4-6-17(19)22(26)28/h4-9,12,25H,10-11H2,1-3H3,(H,23,27). The zero-order valence-electron chi connectivity index (χ0n) is 16.2. The monoisotopic (exact) mass is 374 g/mol. The van der Waals surface area contributed by atoms with Gasteiger partial charge in [0, 0.05) is 17.6 Å². The molecular weight excluding hydrogens is 352 g/mol. The molecule has 0 unspecified atom stereocenters. The summed E-state index contributed by atoms with van der Waals surface area (Å²) in [6.07, 6.45) is 1.42. The molecule has 0 fully saturated rings. The van der Waals surface area contributed by atoms with Gasteiger partial charge in [0.15, 0.2) is 0 Å². The first-order chi connectivity index (χ1) is 13.4. The molecule has 4 aromatic rings. The third-order valence-corrected chi connectivity index (χ3v) is 5.16. The number of carbonyl (C=O) groups is 1. The van der Waals surface area contributed by atoms with E-state index >= 15 is 0 Å². The largest absolute Gasteiger partial charge is 0.358 e. The van der Waals surface area contributed by atoms with Gasteiger partial charge in [-0.15, -0.1) is 0 Å². The molecule has 2 aromatic carbocycles. The maximum atomic E-state index is 12.5. The molecule has 0 saturated carbocycles. The lowest BCUT2D eigenvalue weighted by molar-refractivity contribution is -0.121. The average molecular weight is 374 g/mol. The number of hydrogen-bond donors (Lipinski definition) is 2. The van der Waals surface area contributed by atoms with Crippen molar-refractivity contribution in [2.45, 2.75) is 33.9 Å². The molecule has 1 amide bonds. The van der Waals surface area contributed by atoms with E-state index in [9.17, 15) is 9.59 Å². The van der Waals surface area contributed by atoms with Crippen LogP contribution in [0, 0.1) is 20.8 Å². The number of rotatable bonds is 4. The Morgan fingerprint density at radius 2 is 1.93 bits per heavy atom. The van der Waals surface area contributed by atoms with Gasteiger partial charge in [0.2, 0.25) is 5.91 Å². The molecule has 142 valence electrons. The van der Waals surface area contributed by atoms with Crippen molar-refractivity contribution in [1.82, 2.24) is 19.9 Å². The summed E-state index contributed by atoms with van der Waals surface area (Å²) in [6, 6.07) is 11.3. The topological polar surface area (TPSA) is 79.8 Å². The lowest BCUT2D eigenvalue weighted by atomic mass is 10.0. The van der Waals surface area contributed by atoms with E-state index < -0.39 is 0 Å². The van der Waals surface area contributed by atoms with Gasteiger partial charge in [0.1, 0.15) is 6.54 Å². The van der Waals surface area contributed by atoms with Gasteiger partial charge in [0.25, 0.3) is 5.56 Å². The molecule has 4 rings (SSSR count). The van der Waals surface area contributed by atoms with E-state index in [4.69, 9.17) is 0 Å². The number of amides is 1. The molecular formula is C22H22N4O2. The van der Waals surface area contributed by atoms with Gasteiger partial charge < -0.3 is 10.3 Å². The molecule has 0 bridgehead atoms. The van der Waals surface area contributed by atoms with Crippen LogP contribution in [-0.2, 0) is 17.9 Å². The fourth-order valence-electron chi connectivity index (χ4n) is 3.55. The van der Waals surface area contributed by atoms with Crippen LogP contribution in [0.2, 0.25) is 0 Å². The first kappa shape index (κ1) is 18.0. The predicted molar refractivity (Wildman–Crippen MR) is 110 cm³/mol. The van der Waals surface area contributed by atoms with E-state index in [0.717, 1.165) is 22.3 Å². The molecule has 6 nitrogen and oxygen atoms in total. The minimum absolute atomic E-state index is 0.0611. The predicted octanol–water partition coefficient (Wildman–Crippen LogP) is 3.12. The van der Waals surface area contributed by atoms with Crippen LogP contribution in [0.3, 0.4) is 0 Å². The highest BCUT2D eigenvalue weighted by Crippen LogP contribution is 2.25. The second kappa shape index (κ2) is 6.96. The number of hydrogen-bond acceptors (Lipinski definition) is 3. The van der Waals surface area contributed by atoms with Crippen molar-refractivity contribution in [2.75, 3.05) is 0 Å². The van der Waals surface area contributed by atoms with Gasteiger partial charge in [-0.05, 0) is 50.1 Å². The maximum absolute atomic E-state index is 12.5. The van der Waals surface area contributed by atoms with Crippen molar-refractivity contribution < 1.29 is 4.79 Å². The van der Waals surface area contributed by atoms with Crippen LogP contribution in [0.25, 0.3) is 21.8 Å². The van der Waals surface area contributed by atoms with Crippen LogP contribution >= 0.6 is 0 Å². The summed E-state index contributed by atoms with van der Waals surface area (Å²) < 4.78 is 1.34. The van der Waals surface area contributed by atoms with Crippen molar-refractivity contribution in [3.8, 4) is 0 Å². The van der Waals surface area contributed by atoms with Gasteiger partial charge in [-0.25, -0.2) is 4.98 Å². The Morgan fingerprint density at radius 1 is 1.14 bits per heavy atom. The van der Waals surface area contributed by atoms with Gasteiger partial charge >= 0.3 is 0 Å². The number of aromatic nitrogens is 3. The van der Waals surface area contributed by atoms with Crippen molar-refractivity contribution in [3.05, 3.63) is 75.5 Å². The molecule has 28 heavy (non-hydrogen) atoms.